The number of nitrogens with one attached hydrogen (secondary N) is 1. The number of rotatable bonds is 4. The van der Waals surface area contributed by atoms with E-state index in [-0.39, 0.29) is 30.2 Å². The quantitative estimate of drug-likeness (QED) is 0.883. The molecule has 2 saturated carbocycles. The third kappa shape index (κ3) is 3.53. The minimum absolute atomic E-state index is 0. The van der Waals surface area contributed by atoms with Crippen molar-refractivity contribution in [3.8, 4) is 0 Å². The number of hydrogen-bond donors (Lipinski definition) is 2. The van der Waals surface area contributed by atoms with E-state index in [1.54, 1.807) is 6.07 Å². The lowest BCUT2D eigenvalue weighted by Crippen LogP contribution is -2.49. The van der Waals surface area contributed by atoms with Crippen molar-refractivity contribution in [1.29, 1.82) is 0 Å². The predicted octanol–water partition coefficient (Wildman–Crippen LogP) is 3.30. The Hall–Kier alpha value is -1.13. The van der Waals surface area contributed by atoms with Crippen molar-refractivity contribution in [2.45, 2.75) is 56.4 Å². The largest absolute Gasteiger partial charge is 0.352 e. The Morgan fingerprint density at radius 2 is 2.00 bits per heavy atom. The van der Waals surface area contributed by atoms with E-state index in [1.807, 2.05) is 6.07 Å². The summed E-state index contributed by atoms with van der Waals surface area (Å²) in [5, 5.41) is 3.24. The van der Waals surface area contributed by atoms with Gasteiger partial charge >= 0.3 is 0 Å². The van der Waals surface area contributed by atoms with E-state index in [9.17, 15) is 9.18 Å². The number of carbonyl (C=O) groups is 1. The average Bonchev–Trinajstić information content (AvgIpc) is 3.16. The zero-order valence-corrected chi connectivity index (χ0v) is 14.2. The standard InChI is InChI=1S/C18H25FN2O.ClH/c19-15-7-4-6-14(11-15)18(9-1-2-10-18)17(22)21-16-8-3-5-13(16)12-20;/h4,6-7,11,13,16H,1-3,5,8-10,12,20H2,(H,21,22);1H. The molecule has 2 aliphatic rings. The molecule has 2 fully saturated rings. The van der Waals surface area contributed by atoms with Crippen molar-refractivity contribution < 1.29 is 9.18 Å². The van der Waals surface area contributed by atoms with Crippen molar-refractivity contribution >= 4 is 18.3 Å². The Labute approximate surface area is 143 Å². The van der Waals surface area contributed by atoms with Gasteiger partial charge in [0.1, 0.15) is 5.82 Å². The summed E-state index contributed by atoms with van der Waals surface area (Å²) in [6, 6.07) is 6.74. The summed E-state index contributed by atoms with van der Waals surface area (Å²) in [4.78, 5) is 13.0. The van der Waals surface area contributed by atoms with E-state index in [0.29, 0.717) is 12.5 Å². The van der Waals surface area contributed by atoms with Crippen LogP contribution in [0.25, 0.3) is 0 Å². The van der Waals surface area contributed by atoms with Gasteiger partial charge in [0.2, 0.25) is 5.91 Å². The first-order chi connectivity index (χ1) is 10.7. The smallest absolute Gasteiger partial charge is 0.230 e. The summed E-state index contributed by atoms with van der Waals surface area (Å²) in [7, 11) is 0. The van der Waals surface area contributed by atoms with Crippen LogP contribution in [-0.4, -0.2) is 18.5 Å². The molecule has 128 valence electrons. The molecule has 3 nitrogen and oxygen atoms in total. The number of benzene rings is 1. The van der Waals surface area contributed by atoms with Crippen LogP contribution in [0.5, 0.6) is 0 Å². The van der Waals surface area contributed by atoms with E-state index < -0.39 is 5.41 Å². The molecule has 0 saturated heterocycles. The van der Waals surface area contributed by atoms with Crippen LogP contribution in [0.15, 0.2) is 24.3 Å². The van der Waals surface area contributed by atoms with Crippen LogP contribution in [0, 0.1) is 11.7 Å². The monoisotopic (exact) mass is 340 g/mol. The topological polar surface area (TPSA) is 55.1 Å². The maximum atomic E-state index is 13.6. The first-order valence-corrected chi connectivity index (χ1v) is 8.43. The zero-order valence-electron chi connectivity index (χ0n) is 13.4. The van der Waals surface area contributed by atoms with E-state index in [2.05, 4.69) is 5.32 Å². The number of nitrogens with two attached hydrogens (primary N) is 1. The molecule has 0 aliphatic heterocycles. The molecule has 3 N–H and O–H groups in total. The molecule has 23 heavy (non-hydrogen) atoms. The Bertz CT molecular complexity index is 546. The second kappa shape index (κ2) is 7.63. The van der Waals surface area contributed by atoms with Gasteiger partial charge in [-0.2, -0.15) is 0 Å². The van der Waals surface area contributed by atoms with Gasteiger partial charge in [0, 0.05) is 6.04 Å². The van der Waals surface area contributed by atoms with Gasteiger partial charge in [-0.25, -0.2) is 4.39 Å². The van der Waals surface area contributed by atoms with Gasteiger partial charge < -0.3 is 11.1 Å². The highest BCUT2D eigenvalue weighted by Crippen LogP contribution is 2.42. The Balaban J connectivity index is 0.00000192. The molecule has 2 atom stereocenters. The molecule has 1 aromatic carbocycles. The maximum Gasteiger partial charge on any atom is 0.230 e. The molecule has 3 rings (SSSR count). The Kier molecular flexibility index (Phi) is 6.04. The van der Waals surface area contributed by atoms with Crippen LogP contribution in [-0.2, 0) is 10.2 Å². The van der Waals surface area contributed by atoms with E-state index in [1.165, 1.54) is 12.1 Å². The Morgan fingerprint density at radius 1 is 1.26 bits per heavy atom. The van der Waals surface area contributed by atoms with E-state index in [4.69, 9.17) is 5.73 Å². The van der Waals surface area contributed by atoms with Crippen molar-refractivity contribution in [2.24, 2.45) is 11.7 Å². The van der Waals surface area contributed by atoms with Crippen LogP contribution in [0.2, 0.25) is 0 Å². The normalized spacial score (nSPS) is 25.8. The minimum atomic E-state index is -0.552. The van der Waals surface area contributed by atoms with Gasteiger partial charge in [-0.15, -0.1) is 12.4 Å². The van der Waals surface area contributed by atoms with Crippen LogP contribution < -0.4 is 11.1 Å². The highest BCUT2D eigenvalue weighted by molar-refractivity contribution is 5.89. The summed E-state index contributed by atoms with van der Waals surface area (Å²) in [6.07, 6.45) is 6.88. The van der Waals surface area contributed by atoms with Gasteiger partial charge in [-0.1, -0.05) is 31.4 Å². The minimum Gasteiger partial charge on any atom is -0.352 e. The highest BCUT2D eigenvalue weighted by atomic mass is 35.5. The fourth-order valence-electron chi connectivity index (χ4n) is 4.23. The molecule has 2 unspecified atom stereocenters. The summed E-state index contributed by atoms with van der Waals surface area (Å²) in [6.45, 7) is 0.623. The van der Waals surface area contributed by atoms with Crippen molar-refractivity contribution in [2.75, 3.05) is 6.54 Å². The summed E-state index contributed by atoms with van der Waals surface area (Å²) < 4.78 is 13.6. The lowest BCUT2D eigenvalue weighted by Gasteiger charge is -2.31. The molecular weight excluding hydrogens is 315 g/mol. The highest BCUT2D eigenvalue weighted by Gasteiger charge is 2.44. The number of halogens is 2. The first kappa shape index (κ1) is 18.2. The molecule has 2 aliphatic carbocycles. The van der Waals surface area contributed by atoms with Crippen molar-refractivity contribution in [1.82, 2.24) is 5.32 Å². The fraction of sp³-hybridized carbons (Fsp3) is 0.611. The predicted molar refractivity (Wildman–Crippen MR) is 92.1 cm³/mol. The summed E-state index contributed by atoms with van der Waals surface area (Å²) in [5.41, 5.74) is 6.09. The van der Waals surface area contributed by atoms with Gasteiger partial charge in [0.25, 0.3) is 0 Å². The van der Waals surface area contributed by atoms with Gasteiger partial charge in [-0.3, -0.25) is 4.79 Å². The van der Waals surface area contributed by atoms with Gasteiger partial charge in [0.15, 0.2) is 0 Å². The molecule has 0 aromatic heterocycles. The summed E-state index contributed by atoms with van der Waals surface area (Å²) >= 11 is 0. The third-order valence-electron chi connectivity index (χ3n) is 5.55. The molecule has 5 heteroatoms. The fourth-order valence-corrected chi connectivity index (χ4v) is 4.23. The van der Waals surface area contributed by atoms with Crippen molar-refractivity contribution in [3.63, 3.8) is 0 Å². The van der Waals surface area contributed by atoms with Crippen LogP contribution in [0.4, 0.5) is 4.39 Å². The maximum absolute atomic E-state index is 13.6. The summed E-state index contributed by atoms with van der Waals surface area (Å²) in [5.74, 6) is 0.188. The zero-order chi connectivity index (χ0) is 15.6. The third-order valence-corrected chi connectivity index (χ3v) is 5.55. The van der Waals surface area contributed by atoms with Crippen LogP contribution >= 0.6 is 12.4 Å². The lowest BCUT2D eigenvalue weighted by molar-refractivity contribution is -0.127. The SMILES string of the molecule is Cl.NCC1CCCC1NC(=O)C1(c2cccc(F)c2)CCCC1. The molecule has 0 heterocycles. The molecular formula is C18H26ClFN2O. The Morgan fingerprint density at radius 3 is 2.65 bits per heavy atom. The molecule has 0 spiro atoms. The second-order valence-electron chi connectivity index (χ2n) is 6.81. The average molecular weight is 341 g/mol. The number of amides is 1. The second-order valence-corrected chi connectivity index (χ2v) is 6.81. The van der Waals surface area contributed by atoms with Gasteiger partial charge in [0.05, 0.1) is 5.41 Å². The first-order valence-electron chi connectivity index (χ1n) is 8.43. The van der Waals surface area contributed by atoms with Gasteiger partial charge in [-0.05, 0) is 55.8 Å². The molecule has 0 bridgehead atoms. The molecule has 1 amide bonds. The number of hydrogen-bond acceptors (Lipinski definition) is 2. The van der Waals surface area contributed by atoms with E-state index >= 15 is 0 Å². The van der Waals surface area contributed by atoms with Crippen LogP contribution in [0.1, 0.15) is 50.5 Å². The van der Waals surface area contributed by atoms with E-state index in [0.717, 1.165) is 50.5 Å². The lowest BCUT2D eigenvalue weighted by atomic mass is 9.77. The molecule has 1 aromatic rings. The van der Waals surface area contributed by atoms with Crippen LogP contribution in [0.3, 0.4) is 0 Å². The number of carbonyl (C=O) groups excluding carboxylic acids is 1. The molecule has 0 radical (unpaired) electrons. The van der Waals surface area contributed by atoms with Crippen molar-refractivity contribution in [3.05, 3.63) is 35.6 Å².